The molecule has 1 atom stereocenters. The molecule has 0 spiro atoms. The first-order valence-corrected chi connectivity index (χ1v) is 8.55. The van der Waals surface area contributed by atoms with Crippen LogP contribution in [0.3, 0.4) is 0 Å². The fraction of sp³-hybridized carbons (Fsp3) is 0.667. The third-order valence-electron chi connectivity index (χ3n) is 3.75. The normalized spacial score (nSPS) is 20.3. The highest BCUT2D eigenvalue weighted by molar-refractivity contribution is 7.07. The van der Waals surface area contributed by atoms with E-state index in [1.807, 2.05) is 0 Å². The molecule has 2 N–H and O–H groups in total. The van der Waals surface area contributed by atoms with Crippen molar-refractivity contribution in [1.82, 2.24) is 15.5 Å². The zero-order chi connectivity index (χ0) is 14.2. The highest BCUT2D eigenvalue weighted by Gasteiger charge is 2.22. The average molecular weight is 294 g/mol. The summed E-state index contributed by atoms with van der Waals surface area (Å²) in [6.45, 7) is 9.38. The highest BCUT2D eigenvalue weighted by Crippen LogP contribution is 2.15. The molecule has 0 aromatic carbocycles. The Bertz CT molecular complexity index is 402. The molecule has 0 bridgehead atoms. The number of nitrogens with one attached hydrogen (secondary N) is 2. The van der Waals surface area contributed by atoms with Crippen LogP contribution in [0.15, 0.2) is 21.8 Å². The van der Waals surface area contributed by atoms with Crippen molar-refractivity contribution in [2.24, 2.45) is 4.99 Å². The maximum absolute atomic E-state index is 4.65. The lowest BCUT2D eigenvalue weighted by atomic mass is 10.2. The number of guanidine groups is 1. The number of likely N-dealkylation sites (N-methyl/N-ethyl adjacent to an activating group) is 1. The smallest absolute Gasteiger partial charge is 0.191 e. The van der Waals surface area contributed by atoms with Gasteiger partial charge in [-0.25, -0.2) is 4.99 Å². The van der Waals surface area contributed by atoms with Gasteiger partial charge in [0.25, 0.3) is 0 Å². The molecule has 2 heterocycles. The van der Waals surface area contributed by atoms with Gasteiger partial charge < -0.3 is 10.6 Å². The molecule has 0 aliphatic carbocycles. The van der Waals surface area contributed by atoms with Crippen molar-refractivity contribution in [3.63, 3.8) is 0 Å². The summed E-state index contributed by atoms with van der Waals surface area (Å²) in [5.74, 6) is 0.932. The van der Waals surface area contributed by atoms with Gasteiger partial charge in [-0.2, -0.15) is 11.3 Å². The van der Waals surface area contributed by atoms with Gasteiger partial charge in [0.15, 0.2) is 5.96 Å². The minimum Gasteiger partial charge on any atom is -0.357 e. The van der Waals surface area contributed by atoms with Gasteiger partial charge in [0.1, 0.15) is 0 Å². The third kappa shape index (κ3) is 4.49. The second kappa shape index (κ2) is 8.27. The molecule has 20 heavy (non-hydrogen) atoms. The molecular formula is C15H26N4S. The Balaban J connectivity index is 1.83. The van der Waals surface area contributed by atoms with Crippen LogP contribution in [0.25, 0.3) is 0 Å². The minimum absolute atomic E-state index is 0.657. The van der Waals surface area contributed by atoms with E-state index in [4.69, 9.17) is 0 Å². The van der Waals surface area contributed by atoms with E-state index in [2.05, 4.69) is 51.2 Å². The quantitative estimate of drug-likeness (QED) is 0.625. The Hall–Kier alpha value is -1.07. The number of hydrogen-bond acceptors (Lipinski definition) is 3. The van der Waals surface area contributed by atoms with E-state index in [0.29, 0.717) is 6.04 Å². The van der Waals surface area contributed by atoms with Crippen molar-refractivity contribution in [3.8, 4) is 0 Å². The minimum atomic E-state index is 0.657. The standard InChI is InChI=1S/C15H26N4S/c1-3-16-15(17-10-13-7-9-20-12-13)18-11-14-6-5-8-19(14)4-2/h7,9,12,14H,3-6,8,10-11H2,1-2H3,(H2,16,17,18). The third-order valence-corrected chi connectivity index (χ3v) is 4.49. The van der Waals surface area contributed by atoms with Gasteiger partial charge in [0.2, 0.25) is 0 Å². The van der Waals surface area contributed by atoms with Gasteiger partial charge in [0.05, 0.1) is 6.54 Å². The first-order valence-electron chi connectivity index (χ1n) is 7.60. The lowest BCUT2D eigenvalue weighted by Gasteiger charge is -2.23. The zero-order valence-electron chi connectivity index (χ0n) is 12.6. The maximum Gasteiger partial charge on any atom is 0.191 e. The summed E-state index contributed by atoms with van der Waals surface area (Å²) in [6.07, 6.45) is 2.62. The summed E-state index contributed by atoms with van der Waals surface area (Å²) in [5, 5.41) is 11.1. The number of aliphatic imine (C=N–C) groups is 1. The molecule has 112 valence electrons. The van der Waals surface area contributed by atoms with Crippen LogP contribution < -0.4 is 10.6 Å². The van der Waals surface area contributed by atoms with Crippen molar-refractivity contribution in [2.75, 3.05) is 26.2 Å². The topological polar surface area (TPSA) is 39.7 Å². The summed E-state index contributed by atoms with van der Waals surface area (Å²) >= 11 is 1.72. The van der Waals surface area contributed by atoms with Crippen molar-refractivity contribution in [2.45, 2.75) is 39.3 Å². The number of nitrogens with zero attached hydrogens (tertiary/aromatic N) is 2. The molecule has 1 saturated heterocycles. The molecule has 1 aliphatic rings. The Morgan fingerprint density at radius 2 is 2.35 bits per heavy atom. The molecule has 1 aliphatic heterocycles. The van der Waals surface area contributed by atoms with Crippen LogP contribution in [0.4, 0.5) is 0 Å². The van der Waals surface area contributed by atoms with E-state index in [1.165, 1.54) is 24.9 Å². The second-order valence-corrected chi connectivity index (χ2v) is 5.91. The van der Waals surface area contributed by atoms with Crippen LogP contribution in [0.5, 0.6) is 0 Å². The van der Waals surface area contributed by atoms with Crippen molar-refractivity contribution >= 4 is 17.3 Å². The monoisotopic (exact) mass is 294 g/mol. The summed E-state index contributed by atoms with van der Waals surface area (Å²) in [7, 11) is 0. The molecule has 5 heteroatoms. The van der Waals surface area contributed by atoms with E-state index in [0.717, 1.165) is 32.1 Å². The Morgan fingerprint density at radius 3 is 3.05 bits per heavy atom. The van der Waals surface area contributed by atoms with Crippen LogP contribution in [0.1, 0.15) is 32.3 Å². The first kappa shape index (κ1) is 15.3. The second-order valence-electron chi connectivity index (χ2n) is 5.13. The molecule has 1 aromatic heterocycles. The number of thiophene rings is 1. The van der Waals surface area contributed by atoms with Crippen molar-refractivity contribution in [3.05, 3.63) is 22.4 Å². The predicted molar refractivity (Wildman–Crippen MR) is 87.4 cm³/mol. The van der Waals surface area contributed by atoms with E-state index >= 15 is 0 Å². The highest BCUT2D eigenvalue weighted by atomic mass is 32.1. The van der Waals surface area contributed by atoms with Crippen LogP contribution in [0.2, 0.25) is 0 Å². The summed E-state index contributed by atoms with van der Waals surface area (Å²) in [4.78, 5) is 7.20. The van der Waals surface area contributed by atoms with Gasteiger partial charge in [0, 0.05) is 19.1 Å². The van der Waals surface area contributed by atoms with Gasteiger partial charge in [-0.15, -0.1) is 0 Å². The molecule has 0 radical (unpaired) electrons. The van der Waals surface area contributed by atoms with Gasteiger partial charge in [-0.05, 0) is 55.2 Å². The number of hydrogen-bond donors (Lipinski definition) is 2. The molecular weight excluding hydrogens is 268 g/mol. The van der Waals surface area contributed by atoms with Crippen LogP contribution in [0, 0.1) is 0 Å². The van der Waals surface area contributed by atoms with Crippen molar-refractivity contribution in [1.29, 1.82) is 0 Å². The molecule has 1 aromatic rings. The van der Waals surface area contributed by atoms with E-state index < -0.39 is 0 Å². The Kier molecular flexibility index (Phi) is 6.33. The summed E-state index contributed by atoms with van der Waals surface area (Å²) in [5.41, 5.74) is 1.28. The Labute approximate surface area is 126 Å². The molecule has 0 saturated carbocycles. The predicted octanol–water partition coefficient (Wildman–Crippen LogP) is 2.29. The lowest BCUT2D eigenvalue weighted by molar-refractivity contribution is 0.267. The maximum atomic E-state index is 4.65. The van der Waals surface area contributed by atoms with Crippen LogP contribution in [-0.4, -0.2) is 43.1 Å². The molecule has 1 unspecified atom stereocenters. The summed E-state index contributed by atoms with van der Waals surface area (Å²) in [6, 6.07) is 2.79. The fourth-order valence-electron chi connectivity index (χ4n) is 2.65. The molecule has 2 rings (SSSR count). The molecule has 0 amide bonds. The number of likely N-dealkylation sites (tertiary alicyclic amines) is 1. The SMILES string of the molecule is CCNC(=NCc1ccsc1)NCC1CCCN1CC. The molecule has 4 nitrogen and oxygen atoms in total. The fourth-order valence-corrected chi connectivity index (χ4v) is 3.31. The lowest BCUT2D eigenvalue weighted by Crippen LogP contribution is -2.44. The zero-order valence-corrected chi connectivity index (χ0v) is 13.4. The van der Waals surface area contributed by atoms with E-state index in [9.17, 15) is 0 Å². The first-order chi connectivity index (χ1) is 9.83. The van der Waals surface area contributed by atoms with E-state index in [1.54, 1.807) is 11.3 Å². The van der Waals surface area contributed by atoms with Gasteiger partial charge >= 0.3 is 0 Å². The largest absolute Gasteiger partial charge is 0.357 e. The van der Waals surface area contributed by atoms with Crippen LogP contribution >= 0.6 is 11.3 Å². The van der Waals surface area contributed by atoms with E-state index in [-0.39, 0.29) is 0 Å². The van der Waals surface area contributed by atoms with Gasteiger partial charge in [-0.3, -0.25) is 4.90 Å². The summed E-state index contributed by atoms with van der Waals surface area (Å²) < 4.78 is 0. The number of rotatable bonds is 6. The molecule has 1 fully saturated rings. The van der Waals surface area contributed by atoms with Crippen LogP contribution in [-0.2, 0) is 6.54 Å². The van der Waals surface area contributed by atoms with Crippen molar-refractivity contribution < 1.29 is 0 Å². The average Bonchev–Trinajstić information content (AvgIpc) is 3.12. The Morgan fingerprint density at radius 1 is 1.45 bits per heavy atom. The van der Waals surface area contributed by atoms with Gasteiger partial charge in [-0.1, -0.05) is 6.92 Å².